The van der Waals surface area contributed by atoms with Crippen LogP contribution in [0.2, 0.25) is 0 Å². The van der Waals surface area contributed by atoms with E-state index in [9.17, 15) is 4.79 Å². The molecule has 20 heavy (non-hydrogen) atoms. The van der Waals surface area contributed by atoms with E-state index in [4.69, 9.17) is 14.6 Å². The monoisotopic (exact) mass is 278 g/mol. The highest BCUT2D eigenvalue weighted by Gasteiger charge is 2.29. The molecule has 4 nitrogen and oxygen atoms in total. The molecular formula is C16H22O4. The molecule has 0 unspecified atom stereocenters. The van der Waals surface area contributed by atoms with Crippen molar-refractivity contribution < 1.29 is 19.4 Å². The van der Waals surface area contributed by atoms with Crippen molar-refractivity contribution in [3.63, 3.8) is 0 Å². The molecule has 1 aromatic rings. The molecule has 0 aliphatic heterocycles. The van der Waals surface area contributed by atoms with Crippen molar-refractivity contribution >= 4 is 12.0 Å². The summed E-state index contributed by atoms with van der Waals surface area (Å²) in [5, 5.41) is 8.95. The summed E-state index contributed by atoms with van der Waals surface area (Å²) in [6, 6.07) is 7.56. The Bertz CT molecular complexity index is 446. The predicted molar refractivity (Wildman–Crippen MR) is 78.1 cm³/mol. The van der Waals surface area contributed by atoms with Crippen LogP contribution < -0.4 is 0 Å². The fourth-order valence-corrected chi connectivity index (χ4v) is 1.54. The molecule has 0 atom stereocenters. The third-order valence-electron chi connectivity index (χ3n) is 2.78. The number of hydrogen-bond acceptors (Lipinski definition) is 4. The number of aliphatic hydroxyl groups excluding tert-OH is 1. The van der Waals surface area contributed by atoms with Crippen LogP contribution in [0.4, 0.5) is 0 Å². The maximum absolute atomic E-state index is 11.6. The lowest BCUT2D eigenvalue weighted by atomic mass is 10.1. The molecule has 0 spiro atoms. The predicted octanol–water partition coefficient (Wildman–Crippen LogP) is 2.55. The van der Waals surface area contributed by atoms with E-state index in [0.717, 1.165) is 11.1 Å². The van der Waals surface area contributed by atoms with E-state index >= 15 is 0 Å². The Morgan fingerprint density at radius 1 is 1.30 bits per heavy atom. The van der Waals surface area contributed by atoms with Crippen LogP contribution in [0.25, 0.3) is 6.08 Å². The highest BCUT2D eigenvalue weighted by atomic mass is 16.6. The lowest BCUT2D eigenvalue weighted by molar-refractivity contribution is -0.166. The summed E-state index contributed by atoms with van der Waals surface area (Å²) in [5.41, 5.74) is 0.947. The first kappa shape index (κ1) is 16.4. The second-order valence-corrected chi connectivity index (χ2v) is 4.84. The zero-order valence-electron chi connectivity index (χ0n) is 12.3. The number of carbonyl (C=O) groups excluding carboxylic acids is 1. The molecule has 110 valence electrons. The summed E-state index contributed by atoms with van der Waals surface area (Å²) in [7, 11) is 0. The van der Waals surface area contributed by atoms with Gasteiger partial charge < -0.3 is 14.6 Å². The molecule has 0 aliphatic carbocycles. The number of carbonyl (C=O) groups is 1. The van der Waals surface area contributed by atoms with Gasteiger partial charge in [0.15, 0.2) is 5.60 Å². The van der Waals surface area contributed by atoms with Gasteiger partial charge >= 0.3 is 5.97 Å². The largest absolute Gasteiger partial charge is 0.464 e. The van der Waals surface area contributed by atoms with E-state index in [1.54, 1.807) is 20.8 Å². The summed E-state index contributed by atoms with van der Waals surface area (Å²) in [6.07, 6.45) is 3.75. The molecule has 0 aromatic heterocycles. The smallest absolute Gasteiger partial charge is 0.337 e. The minimum Gasteiger partial charge on any atom is -0.464 e. The van der Waals surface area contributed by atoms with Gasteiger partial charge in [-0.3, -0.25) is 0 Å². The number of hydrogen-bond donors (Lipinski definition) is 1. The average molecular weight is 278 g/mol. The first-order valence-corrected chi connectivity index (χ1v) is 6.67. The van der Waals surface area contributed by atoms with E-state index in [1.807, 2.05) is 36.4 Å². The van der Waals surface area contributed by atoms with Crippen molar-refractivity contribution in [2.24, 2.45) is 0 Å². The minimum absolute atomic E-state index is 0.0425. The fourth-order valence-electron chi connectivity index (χ4n) is 1.54. The van der Waals surface area contributed by atoms with Gasteiger partial charge in [0.05, 0.1) is 19.8 Å². The molecular weight excluding hydrogens is 256 g/mol. The van der Waals surface area contributed by atoms with Gasteiger partial charge in [-0.1, -0.05) is 36.4 Å². The first-order chi connectivity index (χ1) is 9.49. The Balaban J connectivity index is 2.46. The molecule has 0 amide bonds. The Morgan fingerprint density at radius 3 is 2.50 bits per heavy atom. The SMILES string of the molecule is CCOC(=O)C(C)(C)OCC=Cc1ccc(CO)cc1. The molecule has 0 fully saturated rings. The van der Waals surface area contributed by atoms with Crippen molar-refractivity contribution in [1.29, 1.82) is 0 Å². The van der Waals surface area contributed by atoms with E-state index in [0.29, 0.717) is 13.2 Å². The van der Waals surface area contributed by atoms with Gasteiger partial charge in [0.1, 0.15) is 0 Å². The summed E-state index contributed by atoms with van der Waals surface area (Å²) < 4.78 is 10.4. The Labute approximate surface area is 120 Å². The normalized spacial score (nSPS) is 11.8. The molecule has 0 radical (unpaired) electrons. The second kappa shape index (κ2) is 7.82. The lowest BCUT2D eigenvalue weighted by Gasteiger charge is -2.21. The van der Waals surface area contributed by atoms with Gasteiger partial charge in [-0.05, 0) is 31.9 Å². The first-order valence-electron chi connectivity index (χ1n) is 6.67. The minimum atomic E-state index is -0.943. The number of rotatable bonds is 7. The van der Waals surface area contributed by atoms with E-state index in [1.165, 1.54) is 0 Å². The van der Waals surface area contributed by atoms with Crippen molar-refractivity contribution in [2.45, 2.75) is 33.0 Å². The third-order valence-corrected chi connectivity index (χ3v) is 2.78. The van der Waals surface area contributed by atoms with E-state index < -0.39 is 5.60 Å². The maximum Gasteiger partial charge on any atom is 0.337 e. The average Bonchev–Trinajstić information content (AvgIpc) is 2.44. The van der Waals surface area contributed by atoms with Crippen LogP contribution >= 0.6 is 0 Å². The van der Waals surface area contributed by atoms with Gasteiger partial charge in [-0.2, -0.15) is 0 Å². The summed E-state index contributed by atoms with van der Waals surface area (Å²) >= 11 is 0. The third kappa shape index (κ3) is 5.15. The summed E-state index contributed by atoms with van der Waals surface area (Å²) in [5.74, 6) is -0.360. The van der Waals surface area contributed by atoms with E-state index in [2.05, 4.69) is 0 Å². The van der Waals surface area contributed by atoms with Crippen LogP contribution in [0.5, 0.6) is 0 Å². The molecule has 0 saturated heterocycles. The molecule has 0 heterocycles. The molecule has 1 rings (SSSR count). The van der Waals surface area contributed by atoms with Gasteiger partial charge in [0.25, 0.3) is 0 Å². The quantitative estimate of drug-likeness (QED) is 0.779. The molecule has 0 saturated carbocycles. The number of aliphatic hydroxyl groups is 1. The number of esters is 1. The van der Waals surface area contributed by atoms with Crippen molar-refractivity contribution in [1.82, 2.24) is 0 Å². The Morgan fingerprint density at radius 2 is 1.95 bits per heavy atom. The fraction of sp³-hybridized carbons (Fsp3) is 0.438. The zero-order valence-corrected chi connectivity index (χ0v) is 12.3. The van der Waals surface area contributed by atoms with Crippen molar-refractivity contribution in [3.05, 3.63) is 41.5 Å². The van der Waals surface area contributed by atoms with Crippen LogP contribution in [-0.4, -0.2) is 29.9 Å². The van der Waals surface area contributed by atoms with Crippen LogP contribution in [0.3, 0.4) is 0 Å². The molecule has 1 aromatic carbocycles. The van der Waals surface area contributed by atoms with Crippen LogP contribution in [0, 0.1) is 0 Å². The number of ether oxygens (including phenoxy) is 2. The second-order valence-electron chi connectivity index (χ2n) is 4.84. The van der Waals surface area contributed by atoms with E-state index in [-0.39, 0.29) is 12.6 Å². The molecule has 0 aliphatic rings. The van der Waals surface area contributed by atoms with Crippen LogP contribution in [-0.2, 0) is 20.9 Å². The summed E-state index contributed by atoms with van der Waals surface area (Å²) in [4.78, 5) is 11.6. The Kier molecular flexibility index (Phi) is 6.42. The molecule has 1 N–H and O–H groups in total. The lowest BCUT2D eigenvalue weighted by Crippen LogP contribution is -2.36. The highest BCUT2D eigenvalue weighted by molar-refractivity contribution is 5.78. The highest BCUT2D eigenvalue weighted by Crippen LogP contribution is 2.12. The van der Waals surface area contributed by atoms with Crippen LogP contribution in [0.15, 0.2) is 30.3 Å². The van der Waals surface area contributed by atoms with Gasteiger partial charge in [-0.15, -0.1) is 0 Å². The molecule has 4 heteroatoms. The van der Waals surface area contributed by atoms with Crippen molar-refractivity contribution in [2.75, 3.05) is 13.2 Å². The number of benzene rings is 1. The van der Waals surface area contributed by atoms with Gasteiger partial charge in [0, 0.05) is 0 Å². The standard InChI is InChI=1S/C16H22O4/c1-4-19-15(18)16(2,3)20-11-5-6-13-7-9-14(12-17)10-8-13/h5-10,17H,4,11-12H2,1-3H3. The Hall–Kier alpha value is -1.65. The van der Waals surface area contributed by atoms with Crippen molar-refractivity contribution in [3.8, 4) is 0 Å². The topological polar surface area (TPSA) is 55.8 Å². The summed E-state index contributed by atoms with van der Waals surface area (Å²) in [6.45, 7) is 5.86. The maximum atomic E-state index is 11.6. The zero-order chi connectivity index (χ0) is 15.0. The molecule has 0 bridgehead atoms. The van der Waals surface area contributed by atoms with Crippen LogP contribution in [0.1, 0.15) is 31.9 Å². The van der Waals surface area contributed by atoms with Gasteiger partial charge in [0.2, 0.25) is 0 Å². The van der Waals surface area contributed by atoms with Gasteiger partial charge in [-0.25, -0.2) is 4.79 Å².